The van der Waals surface area contributed by atoms with Crippen LogP contribution in [0.15, 0.2) is 205 Å². The van der Waals surface area contributed by atoms with Crippen molar-refractivity contribution in [2.75, 3.05) is 4.90 Å². The quantitative estimate of drug-likeness (QED) is 0.176. The number of rotatable bonds is 6. The minimum absolute atomic E-state index is 0.867. The molecule has 9 aromatic carbocycles. The van der Waals surface area contributed by atoms with Gasteiger partial charge in [0.05, 0.1) is 5.69 Å². The van der Waals surface area contributed by atoms with Crippen molar-refractivity contribution >= 4 is 60.5 Å². The van der Waals surface area contributed by atoms with Crippen LogP contribution >= 0.6 is 0 Å². The highest BCUT2D eigenvalue weighted by atomic mass is 16.3. The lowest BCUT2D eigenvalue weighted by molar-refractivity contribution is 0.673. The minimum Gasteiger partial charge on any atom is -0.455 e. The molecule has 0 radical (unpaired) electrons. The average Bonchev–Trinajstić information content (AvgIpc) is 3.59. The van der Waals surface area contributed by atoms with Crippen molar-refractivity contribution < 1.29 is 4.42 Å². The lowest BCUT2D eigenvalue weighted by Crippen LogP contribution is -2.11. The summed E-state index contributed by atoms with van der Waals surface area (Å²) in [6, 6.07) is 71.7. The molecule has 0 amide bonds. The van der Waals surface area contributed by atoms with Gasteiger partial charge in [0, 0.05) is 33.1 Å². The van der Waals surface area contributed by atoms with Crippen molar-refractivity contribution in [1.82, 2.24) is 0 Å². The van der Waals surface area contributed by atoms with Gasteiger partial charge in [-0.15, -0.1) is 0 Å². The number of fused-ring (bicyclic) bond motifs is 6. The van der Waals surface area contributed by atoms with E-state index in [4.69, 9.17) is 4.42 Å². The van der Waals surface area contributed by atoms with Crippen LogP contribution in [-0.4, -0.2) is 0 Å². The lowest BCUT2D eigenvalue weighted by Gasteiger charge is -2.28. The van der Waals surface area contributed by atoms with Gasteiger partial charge in [0.15, 0.2) is 0 Å². The van der Waals surface area contributed by atoms with Gasteiger partial charge in [-0.1, -0.05) is 158 Å². The maximum absolute atomic E-state index is 6.87. The van der Waals surface area contributed by atoms with Crippen molar-refractivity contribution in [3.63, 3.8) is 0 Å². The van der Waals surface area contributed by atoms with E-state index in [2.05, 4.69) is 205 Å². The molecule has 2 nitrogen and oxygen atoms in total. The minimum atomic E-state index is 0.867. The number of furan rings is 1. The zero-order valence-electron chi connectivity index (χ0n) is 28.4. The fraction of sp³-hybridized carbons (Fsp3) is 0. The Bertz CT molecular complexity index is 2870. The van der Waals surface area contributed by atoms with E-state index in [9.17, 15) is 0 Å². The molecule has 0 bridgehead atoms. The highest BCUT2D eigenvalue weighted by Crippen LogP contribution is 2.47. The second-order valence-electron chi connectivity index (χ2n) is 13.3. The molecule has 0 unspecified atom stereocenters. The Labute approximate surface area is 302 Å². The van der Waals surface area contributed by atoms with E-state index in [1.807, 2.05) is 0 Å². The summed E-state index contributed by atoms with van der Waals surface area (Å²) in [6.45, 7) is 0. The third kappa shape index (κ3) is 5.12. The smallest absolute Gasteiger partial charge is 0.143 e. The van der Waals surface area contributed by atoms with Gasteiger partial charge < -0.3 is 9.32 Å². The number of hydrogen-bond donors (Lipinski definition) is 0. The first-order valence-corrected chi connectivity index (χ1v) is 17.8. The Hall–Kier alpha value is -6.90. The normalized spacial score (nSPS) is 11.5. The first-order chi connectivity index (χ1) is 25.8. The van der Waals surface area contributed by atoms with Gasteiger partial charge in [0.25, 0.3) is 0 Å². The van der Waals surface area contributed by atoms with E-state index in [1.165, 1.54) is 38.4 Å². The predicted molar refractivity (Wildman–Crippen MR) is 220 cm³/mol. The van der Waals surface area contributed by atoms with Gasteiger partial charge in [-0.05, 0) is 86.4 Å². The standard InChI is InChI=1S/C50H33NO/c1-4-14-34(15-5-1)36-24-27-40(28-25-36)51(41-29-26-35-16-10-11-21-39(35)30-41)48-32-46-47-31-44(37-17-6-2-7-18-37)42-22-12-13-23-43(42)50(47)52-49(46)33-45(48)38-19-8-3-9-20-38/h1-33H. The van der Waals surface area contributed by atoms with Gasteiger partial charge in [-0.2, -0.15) is 0 Å². The van der Waals surface area contributed by atoms with E-state index in [0.717, 1.165) is 55.5 Å². The van der Waals surface area contributed by atoms with Crippen LogP contribution in [0.2, 0.25) is 0 Å². The number of anilines is 3. The van der Waals surface area contributed by atoms with Crippen molar-refractivity contribution in [3.8, 4) is 33.4 Å². The first kappa shape index (κ1) is 30.0. The molecule has 10 rings (SSSR count). The van der Waals surface area contributed by atoms with Crippen LogP contribution < -0.4 is 4.90 Å². The molecule has 2 heteroatoms. The largest absolute Gasteiger partial charge is 0.455 e. The summed E-state index contributed by atoms with van der Waals surface area (Å²) in [5.41, 5.74) is 12.0. The molecule has 0 aliphatic carbocycles. The second kappa shape index (κ2) is 12.5. The van der Waals surface area contributed by atoms with Crippen LogP contribution in [0.5, 0.6) is 0 Å². The van der Waals surface area contributed by atoms with Gasteiger partial charge in [0.1, 0.15) is 11.2 Å². The molecule has 0 spiro atoms. The van der Waals surface area contributed by atoms with E-state index in [0.29, 0.717) is 0 Å². The SMILES string of the molecule is c1ccc(-c2ccc(N(c3ccc4ccccc4c3)c3cc4c(cc3-c3ccccc3)oc3c5ccccc5c(-c5ccccc5)cc43)cc2)cc1. The van der Waals surface area contributed by atoms with Crippen molar-refractivity contribution in [2.45, 2.75) is 0 Å². The second-order valence-corrected chi connectivity index (χ2v) is 13.3. The summed E-state index contributed by atoms with van der Waals surface area (Å²) >= 11 is 0. The maximum atomic E-state index is 6.87. The summed E-state index contributed by atoms with van der Waals surface area (Å²) < 4.78 is 6.87. The van der Waals surface area contributed by atoms with E-state index in [-0.39, 0.29) is 0 Å². The van der Waals surface area contributed by atoms with Crippen LogP contribution in [0.3, 0.4) is 0 Å². The van der Waals surface area contributed by atoms with Crippen molar-refractivity contribution in [3.05, 3.63) is 200 Å². The van der Waals surface area contributed by atoms with Gasteiger partial charge in [-0.3, -0.25) is 0 Å². The Morgan fingerprint density at radius 1 is 0.327 bits per heavy atom. The summed E-state index contributed by atoms with van der Waals surface area (Å²) in [4.78, 5) is 2.40. The first-order valence-electron chi connectivity index (χ1n) is 17.8. The van der Waals surface area contributed by atoms with E-state index < -0.39 is 0 Å². The Morgan fingerprint density at radius 2 is 0.885 bits per heavy atom. The molecule has 0 saturated carbocycles. The van der Waals surface area contributed by atoms with Crippen LogP contribution in [0.4, 0.5) is 17.1 Å². The highest BCUT2D eigenvalue weighted by Gasteiger charge is 2.22. The fourth-order valence-corrected chi connectivity index (χ4v) is 7.70. The predicted octanol–water partition coefficient (Wildman–Crippen LogP) is 14.4. The third-order valence-electron chi connectivity index (χ3n) is 10.2. The number of benzene rings is 9. The molecule has 0 N–H and O–H groups in total. The van der Waals surface area contributed by atoms with E-state index >= 15 is 0 Å². The van der Waals surface area contributed by atoms with Crippen LogP contribution in [0, 0.1) is 0 Å². The summed E-state index contributed by atoms with van der Waals surface area (Å²) in [5, 5.41) is 6.89. The Balaban J connectivity index is 1.27. The maximum Gasteiger partial charge on any atom is 0.143 e. The van der Waals surface area contributed by atoms with Crippen LogP contribution in [0.1, 0.15) is 0 Å². The zero-order chi connectivity index (χ0) is 34.4. The Morgan fingerprint density at radius 3 is 1.60 bits per heavy atom. The molecular formula is C50H33NO. The summed E-state index contributed by atoms with van der Waals surface area (Å²) in [7, 11) is 0. The van der Waals surface area contributed by atoms with Crippen LogP contribution in [-0.2, 0) is 0 Å². The monoisotopic (exact) mass is 663 g/mol. The molecule has 0 atom stereocenters. The van der Waals surface area contributed by atoms with Gasteiger partial charge in [0.2, 0.25) is 0 Å². The molecule has 0 saturated heterocycles. The van der Waals surface area contributed by atoms with Crippen molar-refractivity contribution in [2.24, 2.45) is 0 Å². The average molecular weight is 664 g/mol. The van der Waals surface area contributed by atoms with Gasteiger partial charge >= 0.3 is 0 Å². The third-order valence-corrected chi connectivity index (χ3v) is 10.2. The molecule has 10 aromatic rings. The lowest BCUT2D eigenvalue weighted by atomic mass is 9.94. The molecule has 0 aliphatic rings. The summed E-state index contributed by atoms with van der Waals surface area (Å²) in [5.74, 6) is 0. The van der Waals surface area contributed by atoms with E-state index in [1.54, 1.807) is 0 Å². The number of hydrogen-bond acceptors (Lipinski definition) is 2. The molecule has 0 fully saturated rings. The summed E-state index contributed by atoms with van der Waals surface area (Å²) in [6.07, 6.45) is 0. The molecular weight excluding hydrogens is 631 g/mol. The molecule has 0 aliphatic heterocycles. The van der Waals surface area contributed by atoms with Crippen molar-refractivity contribution in [1.29, 1.82) is 0 Å². The molecule has 1 aromatic heterocycles. The molecule has 1 heterocycles. The van der Waals surface area contributed by atoms with Gasteiger partial charge in [-0.25, -0.2) is 0 Å². The topological polar surface area (TPSA) is 16.4 Å². The Kier molecular flexibility index (Phi) is 7.18. The zero-order valence-corrected chi connectivity index (χ0v) is 28.4. The molecule has 52 heavy (non-hydrogen) atoms. The fourth-order valence-electron chi connectivity index (χ4n) is 7.70. The van der Waals surface area contributed by atoms with Crippen LogP contribution in [0.25, 0.3) is 76.9 Å². The number of nitrogens with zero attached hydrogens (tertiary/aromatic N) is 1. The highest BCUT2D eigenvalue weighted by molar-refractivity contribution is 6.20. The molecule has 244 valence electrons.